The molecule has 0 aliphatic rings. The van der Waals surface area contributed by atoms with Crippen LogP contribution in [-0.4, -0.2) is 27.3 Å². The number of benzene rings is 1. The molecule has 0 unspecified atom stereocenters. The molecule has 4 nitrogen and oxygen atoms in total. The first-order chi connectivity index (χ1) is 7.62. The highest BCUT2D eigenvalue weighted by molar-refractivity contribution is 6.32. The number of carbonyl (C=O) groups excluding carboxylic acids is 1. The monoisotopic (exact) mass is 244 g/mol. The van der Waals surface area contributed by atoms with Gasteiger partial charge in [0.05, 0.1) is 32.8 Å². The Labute approximate surface area is 99.1 Å². The van der Waals surface area contributed by atoms with Gasteiger partial charge in [0.1, 0.15) is 0 Å². The summed E-state index contributed by atoms with van der Waals surface area (Å²) >= 11 is 5.98. The zero-order valence-electron chi connectivity index (χ0n) is 9.37. The number of hydrogen-bond donors (Lipinski definition) is 0. The molecule has 0 spiro atoms. The fraction of sp³-hybridized carbons (Fsp3) is 0.364. The average Bonchev–Trinajstić information content (AvgIpc) is 2.28. The minimum Gasteiger partial charge on any atom is -0.493 e. The lowest BCUT2D eigenvalue weighted by Crippen LogP contribution is -2.05. The molecule has 0 saturated carbocycles. The van der Waals surface area contributed by atoms with Crippen molar-refractivity contribution in [1.29, 1.82) is 0 Å². The van der Waals surface area contributed by atoms with E-state index in [9.17, 15) is 4.79 Å². The maximum absolute atomic E-state index is 11.1. The number of esters is 1. The Morgan fingerprint density at radius 2 is 1.94 bits per heavy atom. The van der Waals surface area contributed by atoms with Gasteiger partial charge in [-0.1, -0.05) is 11.6 Å². The van der Waals surface area contributed by atoms with Gasteiger partial charge in [0.2, 0.25) is 0 Å². The molecule has 1 aromatic carbocycles. The van der Waals surface area contributed by atoms with Crippen LogP contribution in [0.1, 0.15) is 5.56 Å². The van der Waals surface area contributed by atoms with Gasteiger partial charge in [-0.05, 0) is 17.7 Å². The summed E-state index contributed by atoms with van der Waals surface area (Å²) in [5.74, 6) is 0.620. The number of hydrogen-bond acceptors (Lipinski definition) is 4. The predicted molar refractivity (Wildman–Crippen MR) is 60.3 cm³/mol. The Bertz CT molecular complexity index is 390. The average molecular weight is 245 g/mol. The van der Waals surface area contributed by atoms with Crippen LogP contribution < -0.4 is 9.47 Å². The molecule has 16 heavy (non-hydrogen) atoms. The Morgan fingerprint density at radius 1 is 1.25 bits per heavy atom. The number of methoxy groups -OCH3 is 3. The molecule has 5 heteroatoms. The van der Waals surface area contributed by atoms with Crippen LogP contribution >= 0.6 is 11.6 Å². The van der Waals surface area contributed by atoms with Gasteiger partial charge in [-0.2, -0.15) is 0 Å². The molecule has 0 bridgehead atoms. The highest BCUT2D eigenvalue weighted by Crippen LogP contribution is 2.36. The van der Waals surface area contributed by atoms with Crippen molar-refractivity contribution in [2.24, 2.45) is 0 Å². The molecule has 0 heterocycles. The maximum Gasteiger partial charge on any atom is 0.309 e. The summed E-state index contributed by atoms with van der Waals surface area (Å²) in [7, 11) is 4.35. The van der Waals surface area contributed by atoms with Crippen LogP contribution in [0.5, 0.6) is 11.5 Å². The van der Waals surface area contributed by atoms with E-state index in [0.29, 0.717) is 16.5 Å². The molecular weight excluding hydrogens is 232 g/mol. The molecule has 0 amide bonds. The van der Waals surface area contributed by atoms with Crippen molar-refractivity contribution in [3.05, 3.63) is 22.7 Å². The highest BCUT2D eigenvalue weighted by Gasteiger charge is 2.12. The van der Waals surface area contributed by atoms with Crippen molar-refractivity contribution in [2.75, 3.05) is 21.3 Å². The summed E-state index contributed by atoms with van der Waals surface area (Å²) in [5, 5.41) is 0.403. The number of carbonyl (C=O) groups is 1. The lowest BCUT2D eigenvalue weighted by Gasteiger charge is -2.11. The Balaban J connectivity index is 3.05. The number of halogens is 1. The largest absolute Gasteiger partial charge is 0.493 e. The smallest absolute Gasteiger partial charge is 0.309 e. The van der Waals surface area contributed by atoms with Crippen LogP contribution in [0, 0.1) is 0 Å². The first-order valence-electron chi connectivity index (χ1n) is 4.59. The Kier molecular flexibility index (Phi) is 4.43. The molecule has 0 radical (unpaired) electrons. The second-order valence-electron chi connectivity index (χ2n) is 3.07. The van der Waals surface area contributed by atoms with Crippen LogP contribution in [0.4, 0.5) is 0 Å². The van der Waals surface area contributed by atoms with E-state index in [-0.39, 0.29) is 12.4 Å². The van der Waals surface area contributed by atoms with Crippen molar-refractivity contribution < 1.29 is 19.0 Å². The third kappa shape index (κ3) is 2.79. The highest BCUT2D eigenvalue weighted by atomic mass is 35.5. The van der Waals surface area contributed by atoms with Crippen LogP contribution in [-0.2, 0) is 16.0 Å². The summed E-state index contributed by atoms with van der Waals surface area (Å²) in [6, 6.07) is 3.35. The fourth-order valence-electron chi connectivity index (χ4n) is 1.31. The molecule has 0 fully saturated rings. The van der Waals surface area contributed by atoms with Gasteiger partial charge in [0, 0.05) is 0 Å². The van der Waals surface area contributed by atoms with E-state index in [4.69, 9.17) is 21.1 Å². The summed E-state index contributed by atoms with van der Waals surface area (Å²) in [6.45, 7) is 0. The molecule has 0 aliphatic carbocycles. The van der Waals surface area contributed by atoms with Gasteiger partial charge in [-0.3, -0.25) is 4.79 Å². The zero-order chi connectivity index (χ0) is 12.1. The summed E-state index contributed by atoms with van der Waals surface area (Å²) in [6.07, 6.45) is 0.149. The molecule has 0 saturated heterocycles. The molecule has 0 atom stereocenters. The van der Waals surface area contributed by atoms with Crippen molar-refractivity contribution in [3.8, 4) is 11.5 Å². The molecule has 1 rings (SSSR count). The topological polar surface area (TPSA) is 44.8 Å². The molecular formula is C11H13ClO4. The summed E-state index contributed by atoms with van der Waals surface area (Å²) in [4.78, 5) is 11.1. The third-order valence-corrected chi connectivity index (χ3v) is 2.35. The molecule has 1 aromatic rings. The standard InChI is InChI=1S/C11H13ClO4/c1-14-9-5-7(6-10(13)15-2)4-8(12)11(9)16-3/h4-5H,6H2,1-3H3. The predicted octanol–water partition coefficient (Wildman–Crippen LogP) is 2.07. The van der Waals surface area contributed by atoms with E-state index in [1.165, 1.54) is 21.3 Å². The third-order valence-electron chi connectivity index (χ3n) is 2.07. The Morgan fingerprint density at radius 3 is 2.44 bits per heavy atom. The summed E-state index contributed by atoms with van der Waals surface area (Å²) in [5.41, 5.74) is 0.717. The molecule has 88 valence electrons. The van der Waals surface area contributed by atoms with E-state index < -0.39 is 0 Å². The maximum atomic E-state index is 11.1. The van der Waals surface area contributed by atoms with Crippen LogP contribution in [0.25, 0.3) is 0 Å². The van der Waals surface area contributed by atoms with Gasteiger partial charge in [-0.25, -0.2) is 0 Å². The minimum absolute atomic E-state index is 0.149. The number of rotatable bonds is 4. The SMILES string of the molecule is COC(=O)Cc1cc(Cl)c(OC)c(OC)c1. The summed E-state index contributed by atoms with van der Waals surface area (Å²) < 4.78 is 14.8. The van der Waals surface area contributed by atoms with Crippen LogP contribution in [0.15, 0.2) is 12.1 Å². The van der Waals surface area contributed by atoms with Crippen molar-refractivity contribution >= 4 is 17.6 Å². The second kappa shape index (κ2) is 5.61. The van der Waals surface area contributed by atoms with Gasteiger partial charge >= 0.3 is 5.97 Å². The Hall–Kier alpha value is -1.42. The van der Waals surface area contributed by atoms with Gasteiger partial charge in [0.25, 0.3) is 0 Å². The normalized spacial score (nSPS) is 9.75. The van der Waals surface area contributed by atoms with Gasteiger partial charge in [0.15, 0.2) is 11.5 Å². The first kappa shape index (κ1) is 12.6. The zero-order valence-corrected chi connectivity index (χ0v) is 10.1. The molecule has 0 aliphatic heterocycles. The van der Waals surface area contributed by atoms with E-state index in [1.807, 2.05) is 0 Å². The lowest BCUT2D eigenvalue weighted by atomic mass is 10.1. The van der Waals surface area contributed by atoms with E-state index in [1.54, 1.807) is 12.1 Å². The number of ether oxygens (including phenoxy) is 3. The lowest BCUT2D eigenvalue weighted by molar-refractivity contribution is -0.139. The minimum atomic E-state index is -0.330. The second-order valence-corrected chi connectivity index (χ2v) is 3.47. The van der Waals surface area contributed by atoms with E-state index in [2.05, 4.69) is 4.74 Å². The van der Waals surface area contributed by atoms with Crippen molar-refractivity contribution in [1.82, 2.24) is 0 Å². The fourth-order valence-corrected chi connectivity index (χ4v) is 1.62. The first-order valence-corrected chi connectivity index (χ1v) is 4.97. The van der Waals surface area contributed by atoms with Crippen molar-refractivity contribution in [2.45, 2.75) is 6.42 Å². The molecule has 0 aromatic heterocycles. The van der Waals surface area contributed by atoms with Crippen molar-refractivity contribution in [3.63, 3.8) is 0 Å². The van der Waals surface area contributed by atoms with E-state index >= 15 is 0 Å². The van der Waals surface area contributed by atoms with Gasteiger partial charge in [-0.15, -0.1) is 0 Å². The van der Waals surface area contributed by atoms with Crippen LogP contribution in [0.3, 0.4) is 0 Å². The van der Waals surface area contributed by atoms with Gasteiger partial charge < -0.3 is 14.2 Å². The van der Waals surface area contributed by atoms with E-state index in [0.717, 1.165) is 5.56 Å². The quantitative estimate of drug-likeness (QED) is 0.761. The van der Waals surface area contributed by atoms with Crippen LogP contribution in [0.2, 0.25) is 5.02 Å². The molecule has 0 N–H and O–H groups in total.